The number of aryl methyl sites for hydroxylation is 1. The Labute approximate surface area is 137 Å². The van der Waals surface area contributed by atoms with Gasteiger partial charge in [-0.1, -0.05) is 36.4 Å². The van der Waals surface area contributed by atoms with E-state index in [9.17, 15) is 13.2 Å². The van der Waals surface area contributed by atoms with Gasteiger partial charge in [0.25, 0.3) is 5.91 Å². The largest absolute Gasteiger partial charge is 0.350 e. The normalized spacial score (nSPS) is 11.0. The lowest BCUT2D eigenvalue weighted by molar-refractivity contribution is 0.0954. The van der Waals surface area contributed by atoms with Crippen molar-refractivity contribution in [3.8, 4) is 0 Å². The van der Waals surface area contributed by atoms with Crippen molar-refractivity contribution in [1.29, 1.82) is 0 Å². The van der Waals surface area contributed by atoms with Crippen LogP contribution in [0.3, 0.4) is 0 Å². The highest BCUT2D eigenvalue weighted by Gasteiger charge is 2.17. The number of carbonyl (C=O) groups excluding carboxylic acids is 1. The number of sulfonamides is 1. The van der Waals surface area contributed by atoms with Crippen molar-refractivity contribution in [3.05, 3.63) is 65.7 Å². The van der Waals surface area contributed by atoms with Gasteiger partial charge in [-0.05, 0) is 30.7 Å². The first kappa shape index (κ1) is 17.0. The zero-order chi connectivity index (χ0) is 16.9. The molecule has 1 amide bonds. The molecule has 0 aliphatic carbocycles. The fourth-order valence-corrected chi connectivity index (χ4v) is 3.20. The van der Waals surface area contributed by atoms with Gasteiger partial charge in [-0.15, -0.1) is 0 Å². The van der Waals surface area contributed by atoms with Crippen LogP contribution in [0.15, 0.2) is 54.6 Å². The molecular weight excluding hydrogens is 312 g/mol. The molecule has 1 N–H and O–H groups in total. The number of anilines is 1. The fourth-order valence-electron chi connectivity index (χ4n) is 2.27. The van der Waals surface area contributed by atoms with Gasteiger partial charge in [0.2, 0.25) is 10.0 Å². The summed E-state index contributed by atoms with van der Waals surface area (Å²) in [6.45, 7) is 2.28. The van der Waals surface area contributed by atoms with Gasteiger partial charge < -0.3 is 5.32 Å². The summed E-state index contributed by atoms with van der Waals surface area (Å²) in [7, 11) is -3.41. The first-order chi connectivity index (χ1) is 10.9. The number of hydrogen-bond acceptors (Lipinski definition) is 3. The van der Waals surface area contributed by atoms with Crippen LogP contribution in [0.5, 0.6) is 0 Å². The molecule has 6 heteroatoms. The molecule has 0 aromatic heterocycles. The second kappa shape index (κ2) is 7.28. The van der Waals surface area contributed by atoms with Crippen molar-refractivity contribution in [3.63, 3.8) is 0 Å². The van der Waals surface area contributed by atoms with Crippen molar-refractivity contribution in [1.82, 2.24) is 5.32 Å². The molecule has 0 radical (unpaired) electrons. The van der Waals surface area contributed by atoms with Crippen LogP contribution in [-0.4, -0.2) is 33.7 Å². The number of para-hydroxylation sites is 1. The first-order valence-electron chi connectivity index (χ1n) is 7.26. The summed E-state index contributed by atoms with van der Waals surface area (Å²) in [6.07, 6.45) is 1.16. The summed E-state index contributed by atoms with van der Waals surface area (Å²) in [5, 5.41) is 2.77. The van der Waals surface area contributed by atoms with Crippen molar-refractivity contribution < 1.29 is 13.2 Å². The molecule has 0 spiro atoms. The van der Waals surface area contributed by atoms with Crippen LogP contribution in [0.25, 0.3) is 0 Å². The molecule has 0 aliphatic heterocycles. The molecule has 0 fully saturated rings. The maximum Gasteiger partial charge on any atom is 0.251 e. The van der Waals surface area contributed by atoms with Crippen molar-refractivity contribution in [2.24, 2.45) is 0 Å². The third-order valence-electron chi connectivity index (χ3n) is 3.43. The maximum atomic E-state index is 12.2. The van der Waals surface area contributed by atoms with E-state index in [0.29, 0.717) is 11.3 Å². The van der Waals surface area contributed by atoms with Crippen LogP contribution in [-0.2, 0) is 10.0 Å². The molecule has 0 heterocycles. The molecule has 0 saturated heterocycles. The van der Waals surface area contributed by atoms with Gasteiger partial charge in [-0.2, -0.15) is 0 Å². The number of hydrogen-bond donors (Lipinski definition) is 1. The number of rotatable bonds is 6. The monoisotopic (exact) mass is 332 g/mol. The van der Waals surface area contributed by atoms with Crippen molar-refractivity contribution in [2.75, 3.05) is 23.7 Å². The number of carbonyl (C=O) groups is 1. The van der Waals surface area contributed by atoms with Crippen LogP contribution in [0.4, 0.5) is 5.69 Å². The molecule has 2 aromatic rings. The standard InChI is InChI=1S/C17H20N2O3S/c1-14-8-6-7-11-16(14)17(20)18-12-13-19(23(2,21)22)15-9-4-3-5-10-15/h3-11H,12-13H2,1-2H3,(H,18,20). The summed E-state index contributed by atoms with van der Waals surface area (Å²) in [5.41, 5.74) is 2.06. The lowest BCUT2D eigenvalue weighted by Crippen LogP contribution is -2.38. The molecular formula is C17H20N2O3S. The lowest BCUT2D eigenvalue weighted by Gasteiger charge is -2.22. The Bertz CT molecular complexity index is 773. The predicted molar refractivity (Wildman–Crippen MR) is 92.1 cm³/mol. The van der Waals surface area contributed by atoms with Crippen LogP contribution < -0.4 is 9.62 Å². The van der Waals surface area contributed by atoms with E-state index in [1.807, 2.05) is 25.1 Å². The molecule has 122 valence electrons. The molecule has 0 bridgehead atoms. The highest BCUT2D eigenvalue weighted by Crippen LogP contribution is 2.16. The van der Waals surface area contributed by atoms with Crippen LogP contribution in [0.2, 0.25) is 0 Å². The Balaban J connectivity index is 2.03. The van der Waals surface area contributed by atoms with Gasteiger partial charge in [0.05, 0.1) is 18.5 Å². The number of amides is 1. The zero-order valence-corrected chi connectivity index (χ0v) is 14.0. The van der Waals surface area contributed by atoms with E-state index in [1.165, 1.54) is 4.31 Å². The minimum atomic E-state index is -3.41. The Morgan fingerprint density at radius 3 is 2.26 bits per heavy atom. The number of nitrogens with zero attached hydrogens (tertiary/aromatic N) is 1. The minimum Gasteiger partial charge on any atom is -0.350 e. The average Bonchev–Trinajstić information content (AvgIpc) is 2.51. The summed E-state index contributed by atoms with van der Waals surface area (Å²) in [4.78, 5) is 12.2. The second-order valence-corrected chi connectivity index (χ2v) is 7.15. The fraction of sp³-hybridized carbons (Fsp3) is 0.235. The average molecular weight is 332 g/mol. The smallest absolute Gasteiger partial charge is 0.251 e. The Morgan fingerprint density at radius 1 is 1.04 bits per heavy atom. The van der Waals surface area contributed by atoms with E-state index in [1.54, 1.807) is 36.4 Å². The molecule has 5 nitrogen and oxygen atoms in total. The molecule has 0 aliphatic rings. The highest BCUT2D eigenvalue weighted by molar-refractivity contribution is 7.92. The van der Waals surface area contributed by atoms with E-state index >= 15 is 0 Å². The van der Waals surface area contributed by atoms with Crippen LogP contribution in [0, 0.1) is 6.92 Å². The third-order valence-corrected chi connectivity index (χ3v) is 4.63. The maximum absolute atomic E-state index is 12.2. The zero-order valence-electron chi connectivity index (χ0n) is 13.2. The van der Waals surface area contributed by atoms with Gasteiger partial charge in [0.1, 0.15) is 0 Å². The molecule has 0 atom stereocenters. The summed E-state index contributed by atoms with van der Waals surface area (Å²) in [5.74, 6) is -0.204. The predicted octanol–water partition coefficient (Wildman–Crippen LogP) is 2.19. The Morgan fingerprint density at radius 2 is 1.65 bits per heavy atom. The molecule has 2 aromatic carbocycles. The highest BCUT2D eigenvalue weighted by atomic mass is 32.2. The Hall–Kier alpha value is -2.34. The van der Waals surface area contributed by atoms with E-state index < -0.39 is 10.0 Å². The third kappa shape index (κ3) is 4.56. The number of benzene rings is 2. The molecule has 0 unspecified atom stereocenters. The van der Waals surface area contributed by atoms with Gasteiger partial charge in [-0.25, -0.2) is 8.42 Å². The van der Waals surface area contributed by atoms with Gasteiger partial charge in [0, 0.05) is 12.1 Å². The molecule has 23 heavy (non-hydrogen) atoms. The van der Waals surface area contributed by atoms with Gasteiger partial charge >= 0.3 is 0 Å². The summed E-state index contributed by atoms with van der Waals surface area (Å²) in [6, 6.07) is 16.1. The van der Waals surface area contributed by atoms with Gasteiger partial charge in [-0.3, -0.25) is 9.10 Å². The molecule has 2 rings (SSSR count). The van der Waals surface area contributed by atoms with Crippen LogP contribution >= 0.6 is 0 Å². The lowest BCUT2D eigenvalue weighted by atomic mass is 10.1. The van der Waals surface area contributed by atoms with E-state index in [2.05, 4.69) is 5.32 Å². The molecule has 0 saturated carbocycles. The Kier molecular flexibility index (Phi) is 5.39. The van der Waals surface area contributed by atoms with Crippen molar-refractivity contribution >= 4 is 21.6 Å². The topological polar surface area (TPSA) is 66.5 Å². The minimum absolute atomic E-state index is 0.181. The van der Waals surface area contributed by atoms with E-state index in [4.69, 9.17) is 0 Å². The van der Waals surface area contributed by atoms with E-state index in [0.717, 1.165) is 11.8 Å². The first-order valence-corrected chi connectivity index (χ1v) is 9.11. The van der Waals surface area contributed by atoms with Gasteiger partial charge in [0.15, 0.2) is 0 Å². The van der Waals surface area contributed by atoms with Crippen molar-refractivity contribution in [2.45, 2.75) is 6.92 Å². The number of nitrogens with one attached hydrogen (secondary N) is 1. The van der Waals surface area contributed by atoms with E-state index in [-0.39, 0.29) is 19.0 Å². The van der Waals surface area contributed by atoms with Crippen LogP contribution in [0.1, 0.15) is 15.9 Å². The summed E-state index contributed by atoms with van der Waals surface area (Å²) < 4.78 is 25.2. The summed E-state index contributed by atoms with van der Waals surface area (Å²) >= 11 is 0. The SMILES string of the molecule is Cc1ccccc1C(=O)NCCN(c1ccccc1)S(C)(=O)=O. The quantitative estimate of drug-likeness (QED) is 0.882. The second-order valence-electron chi connectivity index (χ2n) is 5.24.